The van der Waals surface area contributed by atoms with Crippen LogP contribution in [-0.4, -0.2) is 23.9 Å². The number of carbonyl (C=O) groups excluding carboxylic acids is 2. The van der Waals surface area contributed by atoms with Crippen molar-refractivity contribution in [3.8, 4) is 0 Å². The van der Waals surface area contributed by atoms with E-state index in [1.807, 2.05) is 0 Å². The Labute approximate surface area is 98.4 Å². The van der Waals surface area contributed by atoms with E-state index in [-0.39, 0.29) is 11.6 Å². The minimum Gasteiger partial charge on any atom is -0.380 e. The normalized spacial score (nSPS) is 25.2. The second kappa shape index (κ2) is 3.77. The third-order valence-electron chi connectivity index (χ3n) is 3.33. The average molecular weight is 235 g/mol. The van der Waals surface area contributed by atoms with E-state index in [1.165, 1.54) is 11.8 Å². The molecule has 0 radical (unpaired) electrons. The number of allylic oxidation sites excluding steroid dienone is 3. The van der Waals surface area contributed by atoms with Crippen molar-refractivity contribution in [2.24, 2.45) is 0 Å². The van der Waals surface area contributed by atoms with Gasteiger partial charge in [-0.1, -0.05) is 0 Å². The van der Waals surface area contributed by atoms with Gasteiger partial charge in [-0.3, -0.25) is 9.59 Å². The molecule has 0 spiro atoms. The van der Waals surface area contributed by atoms with Crippen LogP contribution in [0.25, 0.3) is 0 Å². The van der Waals surface area contributed by atoms with Gasteiger partial charge < -0.3 is 5.32 Å². The smallest absolute Gasteiger partial charge is 0.206 e. The van der Waals surface area contributed by atoms with E-state index in [4.69, 9.17) is 0 Å². The van der Waals surface area contributed by atoms with E-state index in [0.717, 1.165) is 49.1 Å². The molecule has 0 bridgehead atoms. The molecule has 3 nitrogen and oxygen atoms in total. The Balaban J connectivity index is 2.08. The summed E-state index contributed by atoms with van der Waals surface area (Å²) in [5.74, 6) is 1.07. The zero-order valence-electron chi connectivity index (χ0n) is 8.97. The van der Waals surface area contributed by atoms with Gasteiger partial charge in [0, 0.05) is 23.4 Å². The minimum atomic E-state index is 0.0801. The van der Waals surface area contributed by atoms with Crippen LogP contribution in [0.5, 0.6) is 0 Å². The number of carbonyl (C=O) groups is 2. The first-order chi connectivity index (χ1) is 7.79. The number of hydrogen-bond donors (Lipinski definition) is 1. The highest BCUT2D eigenvalue weighted by atomic mass is 32.2. The van der Waals surface area contributed by atoms with Crippen LogP contribution in [0.15, 0.2) is 21.7 Å². The van der Waals surface area contributed by atoms with Crippen molar-refractivity contribution in [2.75, 3.05) is 12.3 Å². The molecule has 0 fully saturated rings. The SMILES string of the molecule is O=C1C2=C(CCCC2)C(=O)C2=C1NCCS2. The fraction of sp³-hybridized carbons (Fsp3) is 0.500. The van der Waals surface area contributed by atoms with Gasteiger partial charge in [-0.25, -0.2) is 0 Å². The maximum atomic E-state index is 12.2. The summed E-state index contributed by atoms with van der Waals surface area (Å²) in [7, 11) is 0. The molecule has 4 heteroatoms. The highest BCUT2D eigenvalue weighted by molar-refractivity contribution is 8.04. The molecular formula is C12H13NO2S. The van der Waals surface area contributed by atoms with Gasteiger partial charge in [0.25, 0.3) is 0 Å². The Kier molecular flexibility index (Phi) is 2.39. The predicted molar refractivity (Wildman–Crippen MR) is 63.0 cm³/mol. The lowest BCUT2D eigenvalue weighted by atomic mass is 9.82. The van der Waals surface area contributed by atoms with Crippen LogP contribution in [0.1, 0.15) is 25.7 Å². The van der Waals surface area contributed by atoms with Crippen molar-refractivity contribution in [1.82, 2.24) is 5.32 Å². The van der Waals surface area contributed by atoms with E-state index in [9.17, 15) is 9.59 Å². The molecule has 2 aliphatic carbocycles. The fourth-order valence-electron chi connectivity index (χ4n) is 2.54. The molecule has 0 saturated heterocycles. The van der Waals surface area contributed by atoms with E-state index in [0.29, 0.717) is 10.6 Å². The first kappa shape index (κ1) is 10.1. The van der Waals surface area contributed by atoms with Crippen molar-refractivity contribution < 1.29 is 9.59 Å². The monoisotopic (exact) mass is 235 g/mol. The Bertz CT molecular complexity index is 370. The third-order valence-corrected chi connectivity index (χ3v) is 4.41. The van der Waals surface area contributed by atoms with Crippen LogP contribution in [-0.2, 0) is 9.59 Å². The molecule has 16 heavy (non-hydrogen) atoms. The van der Waals surface area contributed by atoms with Crippen LogP contribution < -0.4 is 5.32 Å². The van der Waals surface area contributed by atoms with Gasteiger partial charge in [0.05, 0.1) is 4.91 Å². The summed E-state index contributed by atoms with van der Waals surface area (Å²) in [6.45, 7) is 0.783. The zero-order chi connectivity index (χ0) is 11.1. The van der Waals surface area contributed by atoms with E-state index in [2.05, 4.69) is 5.32 Å². The molecule has 0 amide bonds. The van der Waals surface area contributed by atoms with Crippen molar-refractivity contribution >= 4 is 23.3 Å². The second-order valence-corrected chi connectivity index (χ2v) is 5.41. The van der Waals surface area contributed by atoms with Gasteiger partial charge in [0.1, 0.15) is 5.70 Å². The molecule has 1 N–H and O–H groups in total. The van der Waals surface area contributed by atoms with Gasteiger partial charge in [-0.2, -0.15) is 0 Å². The number of thioether (sulfide) groups is 1. The molecule has 0 aromatic heterocycles. The summed E-state index contributed by atoms with van der Waals surface area (Å²) in [5, 5.41) is 3.09. The molecule has 84 valence electrons. The van der Waals surface area contributed by atoms with Crippen molar-refractivity contribution in [1.29, 1.82) is 0 Å². The summed E-state index contributed by atoms with van der Waals surface area (Å²) in [6.07, 6.45) is 3.65. The van der Waals surface area contributed by atoms with Gasteiger partial charge in [0.2, 0.25) is 5.78 Å². The van der Waals surface area contributed by atoms with Gasteiger partial charge in [-0.05, 0) is 25.7 Å². The molecule has 0 aromatic carbocycles. The first-order valence-electron chi connectivity index (χ1n) is 5.71. The molecule has 1 aliphatic heterocycles. The van der Waals surface area contributed by atoms with Crippen molar-refractivity contribution in [3.05, 3.63) is 21.7 Å². The number of rotatable bonds is 0. The van der Waals surface area contributed by atoms with Crippen molar-refractivity contribution in [2.45, 2.75) is 25.7 Å². The maximum Gasteiger partial charge on any atom is 0.206 e. The Morgan fingerprint density at radius 3 is 2.44 bits per heavy atom. The quantitative estimate of drug-likeness (QED) is 0.647. The number of ketones is 2. The van der Waals surface area contributed by atoms with Crippen molar-refractivity contribution in [3.63, 3.8) is 0 Å². The minimum absolute atomic E-state index is 0.0801. The van der Waals surface area contributed by atoms with Crippen LogP contribution >= 0.6 is 11.8 Å². The summed E-state index contributed by atoms with van der Waals surface area (Å²) in [5.41, 5.74) is 2.15. The fourth-order valence-corrected chi connectivity index (χ4v) is 3.51. The van der Waals surface area contributed by atoms with E-state index < -0.39 is 0 Å². The van der Waals surface area contributed by atoms with E-state index >= 15 is 0 Å². The van der Waals surface area contributed by atoms with Crippen LogP contribution in [0, 0.1) is 0 Å². The number of hydrogen-bond acceptors (Lipinski definition) is 4. The Morgan fingerprint density at radius 1 is 1.00 bits per heavy atom. The predicted octanol–water partition coefficient (Wildman–Crippen LogP) is 1.56. The van der Waals surface area contributed by atoms with Gasteiger partial charge in [0.15, 0.2) is 5.78 Å². The average Bonchev–Trinajstić information content (AvgIpc) is 2.36. The molecule has 3 aliphatic rings. The lowest BCUT2D eigenvalue weighted by molar-refractivity contribution is -0.116. The van der Waals surface area contributed by atoms with Crippen LogP contribution in [0.4, 0.5) is 0 Å². The molecule has 3 rings (SSSR count). The molecule has 0 atom stereocenters. The number of Topliss-reactive ketones (excluding diaryl/α,β-unsaturated/α-hetero) is 2. The summed E-state index contributed by atoms with van der Waals surface area (Å²) >= 11 is 1.53. The highest BCUT2D eigenvalue weighted by Gasteiger charge is 2.36. The zero-order valence-corrected chi connectivity index (χ0v) is 9.78. The third kappa shape index (κ3) is 1.36. The largest absolute Gasteiger partial charge is 0.380 e. The van der Waals surface area contributed by atoms with Crippen LogP contribution in [0.2, 0.25) is 0 Å². The molecule has 0 aromatic rings. The first-order valence-corrected chi connectivity index (χ1v) is 6.70. The Morgan fingerprint density at radius 2 is 1.69 bits per heavy atom. The lowest BCUT2D eigenvalue weighted by Gasteiger charge is -2.29. The molecular weight excluding hydrogens is 222 g/mol. The molecule has 0 saturated carbocycles. The van der Waals surface area contributed by atoms with Gasteiger partial charge >= 0.3 is 0 Å². The summed E-state index contributed by atoms with van der Waals surface area (Å²) < 4.78 is 0. The second-order valence-electron chi connectivity index (χ2n) is 4.30. The Hall–Kier alpha value is -1.03. The van der Waals surface area contributed by atoms with E-state index in [1.54, 1.807) is 0 Å². The lowest BCUT2D eigenvalue weighted by Crippen LogP contribution is -2.35. The summed E-state index contributed by atoms with van der Waals surface area (Å²) in [4.78, 5) is 25.1. The topological polar surface area (TPSA) is 46.2 Å². The maximum absolute atomic E-state index is 12.2. The number of nitrogens with one attached hydrogen (secondary N) is 1. The molecule has 1 heterocycles. The van der Waals surface area contributed by atoms with Gasteiger partial charge in [-0.15, -0.1) is 11.8 Å². The molecule has 0 unspecified atom stereocenters. The summed E-state index contributed by atoms with van der Waals surface area (Å²) in [6, 6.07) is 0. The van der Waals surface area contributed by atoms with Crippen LogP contribution in [0.3, 0.4) is 0 Å². The standard InChI is InChI=1S/C12H13NO2S/c14-10-7-3-1-2-4-8(7)11(15)12-9(10)13-5-6-16-12/h13H,1-6H2. The highest BCUT2D eigenvalue weighted by Crippen LogP contribution is 2.38.